The third-order valence-electron chi connectivity index (χ3n) is 1.73. The maximum absolute atomic E-state index is 5.34. The quantitative estimate of drug-likeness (QED) is 0.513. The molecule has 0 aromatic heterocycles. The summed E-state index contributed by atoms with van der Waals surface area (Å²) in [5.41, 5.74) is 0. The normalized spacial score (nSPS) is 9.75. The van der Waals surface area contributed by atoms with Crippen molar-refractivity contribution < 1.29 is 14.2 Å². The van der Waals surface area contributed by atoms with Gasteiger partial charge < -0.3 is 14.2 Å². The predicted molar refractivity (Wildman–Crippen MR) is 69.0 cm³/mol. The molecule has 0 saturated carbocycles. The number of rotatable bonds is 11. The van der Waals surface area contributed by atoms with Gasteiger partial charge >= 0.3 is 0 Å². The van der Waals surface area contributed by atoms with Gasteiger partial charge in [-0.25, -0.2) is 0 Å². The molecule has 0 N–H and O–H groups in total. The maximum atomic E-state index is 5.34. The zero-order valence-corrected chi connectivity index (χ0v) is 11.6. The van der Waals surface area contributed by atoms with E-state index in [9.17, 15) is 0 Å². The summed E-state index contributed by atoms with van der Waals surface area (Å²) in [6, 6.07) is 0. The van der Waals surface area contributed by atoms with Crippen molar-refractivity contribution in [1.82, 2.24) is 0 Å². The van der Waals surface area contributed by atoms with Crippen LogP contribution >= 0.6 is 0 Å². The molecule has 100 valence electrons. The van der Waals surface area contributed by atoms with Crippen molar-refractivity contribution in [3.8, 4) is 0 Å². The fourth-order valence-corrected chi connectivity index (χ4v) is 0.933. The van der Waals surface area contributed by atoms with Gasteiger partial charge in [-0.05, 0) is 12.8 Å². The van der Waals surface area contributed by atoms with E-state index in [1.165, 1.54) is 6.42 Å². The van der Waals surface area contributed by atoms with Crippen LogP contribution in [0.2, 0.25) is 0 Å². The monoisotopic (exact) mass is 234 g/mol. The number of ether oxygens (including phenoxy) is 3. The largest absolute Gasteiger partial charge is 0.379 e. The maximum Gasteiger partial charge on any atom is 0.0701 e. The Balaban J connectivity index is 0. The standard InChI is InChI=1S/C11H24O3.C2H6/c1-3-5-7-13-9-11-14-10-8-12-6-4-2;1-2/h3-11H2,1-2H3;1-2H3. The topological polar surface area (TPSA) is 27.7 Å². The fraction of sp³-hybridized carbons (Fsp3) is 1.00. The molecular weight excluding hydrogens is 204 g/mol. The molecule has 3 heteroatoms. The highest BCUT2D eigenvalue weighted by Gasteiger charge is 1.90. The summed E-state index contributed by atoms with van der Waals surface area (Å²) in [6.45, 7) is 12.7. The summed E-state index contributed by atoms with van der Waals surface area (Å²) in [6.07, 6.45) is 3.39. The molecule has 0 radical (unpaired) electrons. The van der Waals surface area contributed by atoms with Gasteiger partial charge in [-0.1, -0.05) is 34.1 Å². The van der Waals surface area contributed by atoms with Crippen LogP contribution in [0.4, 0.5) is 0 Å². The van der Waals surface area contributed by atoms with Gasteiger partial charge in [-0.2, -0.15) is 0 Å². The number of hydrogen-bond acceptors (Lipinski definition) is 3. The first-order chi connectivity index (χ1) is 7.91. The van der Waals surface area contributed by atoms with Gasteiger partial charge in [-0.15, -0.1) is 0 Å². The van der Waals surface area contributed by atoms with Crippen LogP contribution in [0.3, 0.4) is 0 Å². The summed E-state index contributed by atoms with van der Waals surface area (Å²) in [4.78, 5) is 0. The fourth-order valence-electron chi connectivity index (χ4n) is 0.933. The van der Waals surface area contributed by atoms with Gasteiger partial charge in [0.15, 0.2) is 0 Å². The van der Waals surface area contributed by atoms with Crippen molar-refractivity contribution in [2.45, 2.75) is 47.0 Å². The second kappa shape index (κ2) is 20.3. The Morgan fingerprint density at radius 3 is 1.44 bits per heavy atom. The molecule has 0 heterocycles. The van der Waals surface area contributed by atoms with Crippen LogP contribution in [0.25, 0.3) is 0 Å². The molecule has 0 spiro atoms. The zero-order chi connectivity index (χ0) is 12.5. The summed E-state index contributed by atoms with van der Waals surface area (Å²) < 4.78 is 15.9. The Kier molecular flexibility index (Phi) is 23.2. The van der Waals surface area contributed by atoms with Gasteiger partial charge in [0.2, 0.25) is 0 Å². The van der Waals surface area contributed by atoms with E-state index in [1.807, 2.05) is 13.8 Å². The smallest absolute Gasteiger partial charge is 0.0701 e. The molecule has 0 aliphatic rings. The highest BCUT2D eigenvalue weighted by molar-refractivity contribution is 4.35. The van der Waals surface area contributed by atoms with Gasteiger partial charge in [0.1, 0.15) is 0 Å². The van der Waals surface area contributed by atoms with Crippen molar-refractivity contribution in [2.75, 3.05) is 39.6 Å². The molecule has 0 aromatic rings. The van der Waals surface area contributed by atoms with Crippen LogP contribution < -0.4 is 0 Å². The van der Waals surface area contributed by atoms with Gasteiger partial charge in [0, 0.05) is 13.2 Å². The average molecular weight is 234 g/mol. The van der Waals surface area contributed by atoms with Crippen LogP contribution in [-0.4, -0.2) is 39.6 Å². The van der Waals surface area contributed by atoms with Crippen molar-refractivity contribution in [2.24, 2.45) is 0 Å². The first-order valence-electron chi connectivity index (χ1n) is 6.65. The second-order valence-electron chi connectivity index (χ2n) is 3.19. The van der Waals surface area contributed by atoms with Crippen LogP contribution in [-0.2, 0) is 14.2 Å². The molecule has 3 nitrogen and oxygen atoms in total. The molecule has 16 heavy (non-hydrogen) atoms. The molecule has 0 saturated heterocycles. The molecule has 0 rings (SSSR count). The first kappa shape index (κ1) is 18.3. The second-order valence-corrected chi connectivity index (χ2v) is 3.19. The van der Waals surface area contributed by atoms with Crippen LogP contribution in [0.5, 0.6) is 0 Å². The van der Waals surface area contributed by atoms with E-state index in [-0.39, 0.29) is 0 Å². The summed E-state index contributed by atoms with van der Waals surface area (Å²) in [5, 5.41) is 0. The van der Waals surface area contributed by atoms with E-state index in [1.54, 1.807) is 0 Å². The highest BCUT2D eigenvalue weighted by atomic mass is 16.5. The Morgan fingerprint density at radius 2 is 1.00 bits per heavy atom. The van der Waals surface area contributed by atoms with Crippen molar-refractivity contribution in [3.05, 3.63) is 0 Å². The average Bonchev–Trinajstić information content (AvgIpc) is 2.34. The Bertz CT molecular complexity index is 85.2. The lowest BCUT2D eigenvalue weighted by Crippen LogP contribution is -2.10. The van der Waals surface area contributed by atoms with E-state index in [0.717, 1.165) is 26.1 Å². The molecule has 0 amide bonds. The highest BCUT2D eigenvalue weighted by Crippen LogP contribution is 1.88. The predicted octanol–water partition coefficient (Wildman–Crippen LogP) is 3.27. The Hall–Kier alpha value is -0.120. The SMILES string of the molecule is CC.CCCCOCCOCCOCCC. The molecule has 0 aliphatic carbocycles. The lowest BCUT2D eigenvalue weighted by atomic mass is 10.4. The molecule has 0 unspecified atom stereocenters. The third kappa shape index (κ3) is 19.5. The minimum atomic E-state index is 0.678. The van der Waals surface area contributed by atoms with E-state index >= 15 is 0 Å². The van der Waals surface area contributed by atoms with Gasteiger partial charge in [0.05, 0.1) is 26.4 Å². The molecule has 0 bridgehead atoms. The number of hydrogen-bond donors (Lipinski definition) is 0. The van der Waals surface area contributed by atoms with Crippen molar-refractivity contribution >= 4 is 0 Å². The van der Waals surface area contributed by atoms with Gasteiger partial charge in [-0.3, -0.25) is 0 Å². The summed E-state index contributed by atoms with van der Waals surface area (Å²) >= 11 is 0. The molecule has 0 aromatic carbocycles. The van der Waals surface area contributed by atoms with Crippen LogP contribution in [0.15, 0.2) is 0 Å². The van der Waals surface area contributed by atoms with E-state index in [4.69, 9.17) is 14.2 Å². The molecule has 0 atom stereocenters. The minimum Gasteiger partial charge on any atom is -0.379 e. The van der Waals surface area contributed by atoms with Crippen LogP contribution in [0, 0.1) is 0 Å². The molecule has 0 aliphatic heterocycles. The Morgan fingerprint density at radius 1 is 0.562 bits per heavy atom. The van der Waals surface area contributed by atoms with Gasteiger partial charge in [0.25, 0.3) is 0 Å². The van der Waals surface area contributed by atoms with Crippen molar-refractivity contribution in [3.63, 3.8) is 0 Å². The lowest BCUT2D eigenvalue weighted by molar-refractivity contribution is 0.0142. The molecule has 0 fully saturated rings. The zero-order valence-electron chi connectivity index (χ0n) is 11.6. The lowest BCUT2D eigenvalue weighted by Gasteiger charge is -2.05. The van der Waals surface area contributed by atoms with Crippen molar-refractivity contribution in [1.29, 1.82) is 0 Å². The van der Waals surface area contributed by atoms with E-state index < -0.39 is 0 Å². The van der Waals surface area contributed by atoms with E-state index in [2.05, 4.69) is 13.8 Å². The molecular formula is C13H30O3. The summed E-state index contributed by atoms with van der Waals surface area (Å²) in [7, 11) is 0. The first-order valence-corrected chi connectivity index (χ1v) is 6.65. The number of unbranched alkanes of at least 4 members (excludes halogenated alkanes) is 1. The summed E-state index contributed by atoms with van der Waals surface area (Å²) in [5.74, 6) is 0. The minimum absolute atomic E-state index is 0.678. The third-order valence-corrected chi connectivity index (χ3v) is 1.73. The Labute approximate surface area is 101 Å². The van der Waals surface area contributed by atoms with E-state index in [0.29, 0.717) is 26.4 Å². The van der Waals surface area contributed by atoms with Crippen LogP contribution in [0.1, 0.15) is 47.0 Å².